The standard InChI is InChI=1S/C14H19FN6O6S2/c15-9-10(22)7(4-26-29(17,23)24)27-14(9)21-12-8(11(16)18-5-19-12)13(20-21)28-6-1-2-25-3-6/h5-7,9-10,14,22H,1-4H2,(H2,16,18,19)(H2,17,23,24)/t6-,7+,9-,10+,14+/m0/s1. The van der Waals surface area contributed by atoms with E-state index in [1.807, 2.05) is 0 Å². The van der Waals surface area contributed by atoms with Gasteiger partial charge >= 0.3 is 10.3 Å². The Morgan fingerprint density at radius 2 is 2.24 bits per heavy atom. The van der Waals surface area contributed by atoms with Crippen LogP contribution < -0.4 is 10.9 Å². The van der Waals surface area contributed by atoms with Crippen molar-refractivity contribution in [2.45, 2.75) is 41.3 Å². The molecule has 2 aliphatic rings. The summed E-state index contributed by atoms with van der Waals surface area (Å²) in [6.07, 6.45) is -4.18. The topological polar surface area (TPSA) is 178 Å². The highest BCUT2D eigenvalue weighted by molar-refractivity contribution is 8.00. The zero-order valence-electron chi connectivity index (χ0n) is 14.9. The van der Waals surface area contributed by atoms with Gasteiger partial charge in [0.15, 0.2) is 18.0 Å². The average Bonchev–Trinajstić information content (AvgIpc) is 3.35. The van der Waals surface area contributed by atoms with Crippen LogP contribution in [0.1, 0.15) is 12.6 Å². The molecule has 5 N–H and O–H groups in total. The molecule has 29 heavy (non-hydrogen) atoms. The number of aliphatic hydroxyl groups excluding tert-OH is 1. The normalized spacial score (nSPS) is 30.4. The maximum absolute atomic E-state index is 14.8. The molecule has 0 aromatic carbocycles. The summed E-state index contributed by atoms with van der Waals surface area (Å²) in [5.41, 5.74) is 6.22. The number of nitrogen functional groups attached to an aromatic ring is 1. The lowest BCUT2D eigenvalue weighted by molar-refractivity contribution is -0.0456. The lowest BCUT2D eigenvalue weighted by Gasteiger charge is -2.14. The monoisotopic (exact) mass is 450 g/mol. The Kier molecular flexibility index (Phi) is 5.62. The molecule has 2 aliphatic heterocycles. The minimum absolute atomic E-state index is 0.147. The van der Waals surface area contributed by atoms with Gasteiger partial charge < -0.3 is 20.3 Å². The summed E-state index contributed by atoms with van der Waals surface area (Å²) < 4.78 is 53.2. The first-order valence-electron chi connectivity index (χ1n) is 8.62. The number of thioether (sulfide) groups is 1. The summed E-state index contributed by atoms with van der Waals surface area (Å²) in [7, 11) is -4.27. The molecular weight excluding hydrogens is 431 g/mol. The summed E-state index contributed by atoms with van der Waals surface area (Å²) >= 11 is 1.41. The van der Waals surface area contributed by atoms with Crippen LogP contribution in [0.4, 0.5) is 10.2 Å². The Balaban J connectivity index is 1.65. The molecule has 12 nitrogen and oxygen atoms in total. The van der Waals surface area contributed by atoms with Gasteiger partial charge in [0.1, 0.15) is 29.4 Å². The number of ether oxygens (including phenoxy) is 2. The van der Waals surface area contributed by atoms with E-state index in [-0.39, 0.29) is 16.7 Å². The van der Waals surface area contributed by atoms with Gasteiger partial charge in [-0.15, -0.1) is 0 Å². The number of aromatic nitrogens is 4. The summed E-state index contributed by atoms with van der Waals surface area (Å²) in [4.78, 5) is 8.11. The number of hydrogen-bond acceptors (Lipinski definition) is 11. The van der Waals surface area contributed by atoms with Crippen LogP contribution in [0.5, 0.6) is 0 Å². The maximum atomic E-state index is 14.8. The predicted octanol–water partition coefficient (Wildman–Crippen LogP) is -0.894. The number of nitrogens with two attached hydrogens (primary N) is 2. The molecule has 2 aromatic heterocycles. The molecule has 2 fully saturated rings. The van der Waals surface area contributed by atoms with Crippen molar-refractivity contribution < 1.29 is 31.6 Å². The van der Waals surface area contributed by atoms with Crippen LogP contribution in [0.2, 0.25) is 0 Å². The third kappa shape index (κ3) is 4.16. The number of rotatable bonds is 6. The van der Waals surface area contributed by atoms with E-state index in [9.17, 15) is 17.9 Å². The van der Waals surface area contributed by atoms with Crippen molar-refractivity contribution in [3.05, 3.63) is 6.33 Å². The number of halogens is 1. The molecule has 0 saturated carbocycles. The Morgan fingerprint density at radius 3 is 2.93 bits per heavy atom. The zero-order chi connectivity index (χ0) is 20.8. The fourth-order valence-electron chi connectivity index (χ4n) is 3.19. The number of hydrogen-bond donors (Lipinski definition) is 3. The summed E-state index contributed by atoms with van der Waals surface area (Å²) in [5, 5.41) is 20.4. The first-order chi connectivity index (χ1) is 13.7. The molecule has 0 aliphatic carbocycles. The SMILES string of the molecule is Nc1ncnc2c1c(S[C@H]1CCOC1)nn2[C@@H]1O[C@H](COS(N)(=O)=O)[C@@H](O)[C@@H]1F. The first kappa shape index (κ1) is 20.6. The summed E-state index contributed by atoms with van der Waals surface area (Å²) in [6, 6.07) is 0. The number of anilines is 1. The van der Waals surface area contributed by atoms with Gasteiger partial charge in [0, 0.05) is 11.9 Å². The smallest absolute Gasteiger partial charge is 0.333 e. The Hall–Kier alpha value is -1.62. The summed E-state index contributed by atoms with van der Waals surface area (Å²) in [5.74, 6) is 0.172. The quantitative estimate of drug-likeness (QED) is 0.497. The van der Waals surface area contributed by atoms with Gasteiger partial charge in [-0.3, -0.25) is 4.18 Å². The van der Waals surface area contributed by atoms with Crippen molar-refractivity contribution in [1.82, 2.24) is 19.7 Å². The van der Waals surface area contributed by atoms with E-state index in [0.717, 1.165) is 6.42 Å². The molecule has 0 amide bonds. The average molecular weight is 450 g/mol. The maximum Gasteiger partial charge on any atom is 0.333 e. The fourth-order valence-corrected chi connectivity index (χ4v) is 4.65. The largest absolute Gasteiger partial charge is 0.387 e. The molecule has 0 unspecified atom stereocenters. The summed E-state index contributed by atoms with van der Waals surface area (Å²) in [6.45, 7) is 0.538. The van der Waals surface area contributed by atoms with Crippen molar-refractivity contribution in [1.29, 1.82) is 0 Å². The van der Waals surface area contributed by atoms with Gasteiger partial charge in [-0.1, -0.05) is 11.8 Å². The molecule has 4 heterocycles. The van der Waals surface area contributed by atoms with E-state index in [1.165, 1.54) is 22.8 Å². The zero-order valence-corrected chi connectivity index (χ0v) is 16.6. The van der Waals surface area contributed by atoms with Crippen molar-refractivity contribution in [3.8, 4) is 0 Å². The highest BCUT2D eigenvalue weighted by atomic mass is 32.2. The lowest BCUT2D eigenvalue weighted by Crippen LogP contribution is -2.33. The Labute approximate surface area is 169 Å². The van der Waals surface area contributed by atoms with Crippen molar-refractivity contribution in [3.63, 3.8) is 0 Å². The van der Waals surface area contributed by atoms with E-state index in [2.05, 4.69) is 19.2 Å². The minimum Gasteiger partial charge on any atom is -0.387 e. The van der Waals surface area contributed by atoms with Gasteiger partial charge in [0.25, 0.3) is 0 Å². The van der Waals surface area contributed by atoms with Crippen LogP contribution in [0.3, 0.4) is 0 Å². The van der Waals surface area contributed by atoms with Crippen LogP contribution in [-0.2, 0) is 24.0 Å². The van der Waals surface area contributed by atoms with Gasteiger partial charge in [0.2, 0.25) is 0 Å². The highest BCUT2D eigenvalue weighted by Crippen LogP contribution is 2.39. The third-order valence-corrected chi connectivity index (χ3v) is 6.26. The van der Waals surface area contributed by atoms with E-state index >= 15 is 0 Å². The number of alkyl halides is 1. The fraction of sp³-hybridized carbons (Fsp3) is 0.643. The van der Waals surface area contributed by atoms with Crippen LogP contribution in [-0.4, -0.2) is 76.7 Å². The molecule has 0 spiro atoms. The highest BCUT2D eigenvalue weighted by Gasteiger charge is 2.47. The second-order valence-electron chi connectivity index (χ2n) is 6.59. The molecule has 15 heteroatoms. The molecule has 5 atom stereocenters. The van der Waals surface area contributed by atoms with Gasteiger partial charge in [0.05, 0.1) is 18.6 Å². The number of aliphatic hydroxyl groups is 1. The van der Waals surface area contributed by atoms with Crippen molar-refractivity contribution in [2.24, 2.45) is 5.14 Å². The molecule has 160 valence electrons. The third-order valence-electron chi connectivity index (χ3n) is 4.58. The van der Waals surface area contributed by atoms with Crippen molar-refractivity contribution >= 4 is 38.9 Å². The molecular formula is C14H19FN6O6S2. The molecule has 2 saturated heterocycles. The van der Waals surface area contributed by atoms with Crippen LogP contribution in [0, 0.1) is 0 Å². The second-order valence-corrected chi connectivity index (χ2v) is 9.10. The molecule has 4 rings (SSSR count). The van der Waals surface area contributed by atoms with Crippen LogP contribution in [0.25, 0.3) is 11.0 Å². The van der Waals surface area contributed by atoms with E-state index in [0.29, 0.717) is 23.6 Å². The molecule has 2 aromatic rings. The van der Waals surface area contributed by atoms with E-state index in [4.69, 9.17) is 20.3 Å². The Morgan fingerprint density at radius 1 is 1.45 bits per heavy atom. The Bertz CT molecular complexity index is 1000. The van der Waals surface area contributed by atoms with Crippen LogP contribution >= 0.6 is 11.8 Å². The van der Waals surface area contributed by atoms with E-state index in [1.54, 1.807) is 0 Å². The number of fused-ring (bicyclic) bond motifs is 1. The predicted molar refractivity (Wildman–Crippen MR) is 98.7 cm³/mol. The number of nitrogens with zero attached hydrogens (tertiary/aromatic N) is 4. The van der Waals surface area contributed by atoms with E-state index < -0.39 is 41.5 Å². The van der Waals surface area contributed by atoms with Gasteiger partial charge in [-0.2, -0.15) is 13.5 Å². The minimum atomic E-state index is -4.27. The van der Waals surface area contributed by atoms with Gasteiger partial charge in [-0.25, -0.2) is 24.2 Å². The second kappa shape index (κ2) is 7.90. The van der Waals surface area contributed by atoms with Crippen LogP contribution in [0.15, 0.2) is 11.4 Å². The molecule has 0 bridgehead atoms. The van der Waals surface area contributed by atoms with Gasteiger partial charge in [-0.05, 0) is 6.42 Å². The lowest BCUT2D eigenvalue weighted by atomic mass is 10.1. The first-order valence-corrected chi connectivity index (χ1v) is 11.0. The molecule has 0 radical (unpaired) electrons. The van der Waals surface area contributed by atoms with Crippen molar-refractivity contribution in [2.75, 3.05) is 25.6 Å².